The molecule has 8 aromatic heterocycles. The number of hydrogen-bond donors (Lipinski definition) is 0. The van der Waals surface area contributed by atoms with Gasteiger partial charge in [-0.2, -0.15) is 0 Å². The topological polar surface area (TPSA) is 172 Å². The van der Waals surface area contributed by atoms with E-state index in [0.29, 0.717) is 22.2 Å². The molecule has 8 aromatic rings. The van der Waals surface area contributed by atoms with Gasteiger partial charge in [-0.15, -0.1) is 0 Å². The summed E-state index contributed by atoms with van der Waals surface area (Å²) in [5.41, 5.74) is 8.40. The molecule has 3 aliphatic heterocycles. The van der Waals surface area contributed by atoms with E-state index in [0.717, 1.165) is 130 Å². The van der Waals surface area contributed by atoms with Gasteiger partial charge in [0.15, 0.2) is 0 Å². The summed E-state index contributed by atoms with van der Waals surface area (Å²) < 4.78 is 25.1. The molecule has 0 aromatic carbocycles. The van der Waals surface area contributed by atoms with Gasteiger partial charge in [0.1, 0.15) is 37.5 Å². The summed E-state index contributed by atoms with van der Waals surface area (Å²) in [5.74, 6) is 2.64. The van der Waals surface area contributed by atoms with Gasteiger partial charge in [0.2, 0.25) is 11.9 Å². The van der Waals surface area contributed by atoms with E-state index in [1.807, 2.05) is 99.6 Å². The van der Waals surface area contributed by atoms with Crippen LogP contribution < -0.4 is 24.7 Å². The third-order valence-corrected chi connectivity index (χ3v) is 17.0. The number of fused-ring (bicyclic) bond motifs is 2. The number of piperidine rings is 2. The molecular weight excluding hydrogens is 1060 g/mol. The van der Waals surface area contributed by atoms with Crippen molar-refractivity contribution in [3.05, 3.63) is 113 Å². The van der Waals surface area contributed by atoms with Crippen LogP contribution in [0.5, 0.6) is 10.4 Å². The van der Waals surface area contributed by atoms with E-state index in [-0.39, 0.29) is 30.5 Å². The van der Waals surface area contributed by atoms with Crippen molar-refractivity contribution in [1.29, 1.82) is 0 Å². The maximum absolute atomic E-state index is 6.28. The lowest BCUT2D eigenvalue weighted by atomic mass is 9.80. The molecule has 0 bridgehead atoms. The summed E-state index contributed by atoms with van der Waals surface area (Å²) in [6.07, 6.45) is 17.8. The summed E-state index contributed by atoms with van der Waals surface area (Å²) >= 11 is 6.41. The van der Waals surface area contributed by atoms with Gasteiger partial charge in [-0.1, -0.05) is 42.6 Å². The third-order valence-electron chi connectivity index (χ3n) is 14.9. The summed E-state index contributed by atoms with van der Waals surface area (Å²) in [4.78, 5) is 51.5. The van der Waals surface area contributed by atoms with Crippen molar-refractivity contribution in [3.63, 3.8) is 0 Å². The highest BCUT2D eigenvalue weighted by Crippen LogP contribution is 2.37. The van der Waals surface area contributed by atoms with Crippen molar-refractivity contribution in [2.75, 3.05) is 36.0 Å². The van der Waals surface area contributed by atoms with Crippen LogP contribution in [0.4, 0.5) is 11.9 Å². The van der Waals surface area contributed by atoms with Crippen LogP contribution in [0.25, 0.3) is 32.0 Å². The summed E-state index contributed by atoms with van der Waals surface area (Å²) in [6.45, 7) is 24.5. The van der Waals surface area contributed by atoms with E-state index in [1.165, 1.54) is 33.8 Å². The fourth-order valence-electron chi connectivity index (χ4n) is 9.09. The van der Waals surface area contributed by atoms with Gasteiger partial charge in [-0.05, 0) is 175 Å². The molecule has 3 fully saturated rings. The first kappa shape index (κ1) is 55.0. The number of rotatable bonds is 12. The van der Waals surface area contributed by atoms with Crippen LogP contribution in [0.3, 0.4) is 0 Å². The number of nitrogens with zero attached hydrogens (tertiary/aromatic N) is 12. The minimum absolute atomic E-state index is 0.0943. The fourth-order valence-corrected chi connectivity index (χ4v) is 11.3. The van der Waals surface area contributed by atoms with Crippen LogP contribution >= 0.6 is 38.6 Å². The van der Waals surface area contributed by atoms with Gasteiger partial charge in [-0.25, -0.2) is 39.9 Å². The van der Waals surface area contributed by atoms with Crippen molar-refractivity contribution in [2.45, 2.75) is 131 Å². The Morgan fingerprint density at radius 3 is 1.50 bits per heavy atom. The predicted molar refractivity (Wildman–Crippen MR) is 308 cm³/mol. The molecular formula is C56H68BBrN12O4S2. The Hall–Kier alpha value is -5.80. The molecule has 0 aliphatic carbocycles. The molecule has 3 aliphatic rings. The van der Waals surface area contributed by atoms with Crippen molar-refractivity contribution in [2.24, 2.45) is 11.8 Å². The van der Waals surface area contributed by atoms with E-state index in [2.05, 4.69) is 126 Å². The van der Waals surface area contributed by atoms with Crippen molar-refractivity contribution in [1.82, 2.24) is 49.8 Å². The molecule has 11 heterocycles. The van der Waals surface area contributed by atoms with E-state index in [4.69, 9.17) is 23.8 Å². The first-order chi connectivity index (χ1) is 36.5. The average molecular weight is 1130 g/mol. The molecule has 3 saturated heterocycles. The third kappa shape index (κ3) is 13.5. The number of aryl methyl sites for hydroxylation is 4. The first-order valence-corrected chi connectivity index (χ1v) is 28.8. The molecule has 0 unspecified atom stereocenters. The van der Waals surface area contributed by atoms with Crippen molar-refractivity contribution >= 4 is 83.8 Å². The van der Waals surface area contributed by atoms with Gasteiger partial charge in [-0.3, -0.25) is 9.97 Å². The molecule has 11 rings (SSSR count). The van der Waals surface area contributed by atoms with E-state index in [1.54, 1.807) is 0 Å². The maximum atomic E-state index is 6.28. The zero-order valence-electron chi connectivity index (χ0n) is 45.2. The van der Waals surface area contributed by atoms with Crippen LogP contribution in [-0.2, 0) is 22.2 Å². The quantitative estimate of drug-likeness (QED) is 0.0834. The van der Waals surface area contributed by atoms with Gasteiger partial charge in [0.25, 0.3) is 10.4 Å². The van der Waals surface area contributed by atoms with Gasteiger partial charge in [0, 0.05) is 85.8 Å². The highest BCUT2D eigenvalue weighted by atomic mass is 79.9. The van der Waals surface area contributed by atoms with Crippen LogP contribution in [0, 0.1) is 25.7 Å². The number of aromatic nitrogens is 10. The molecule has 0 radical (unpaired) electrons. The number of hydrogen-bond acceptors (Lipinski definition) is 18. The normalized spacial score (nSPS) is 17.4. The van der Waals surface area contributed by atoms with Crippen molar-refractivity contribution in [3.8, 4) is 21.6 Å². The average Bonchev–Trinajstić information content (AvgIpc) is 4.10. The summed E-state index contributed by atoms with van der Waals surface area (Å²) in [6, 6.07) is 15.9. The number of halogens is 1. The Labute approximate surface area is 463 Å². The summed E-state index contributed by atoms with van der Waals surface area (Å²) in [5, 5.41) is 1.38. The lowest BCUT2D eigenvalue weighted by molar-refractivity contribution is 0.00578. The number of anilines is 2. The highest BCUT2D eigenvalue weighted by Gasteiger charge is 2.51. The molecule has 2 atom stereocenters. The molecule has 0 N–H and O–H groups in total. The van der Waals surface area contributed by atoms with E-state index >= 15 is 0 Å². The van der Waals surface area contributed by atoms with E-state index in [9.17, 15) is 0 Å². The summed E-state index contributed by atoms with van der Waals surface area (Å²) in [7, 11) is -0.307. The Morgan fingerprint density at radius 2 is 1.05 bits per heavy atom. The largest absolute Gasteiger partial charge is 0.496 e. The zero-order valence-corrected chi connectivity index (χ0v) is 48.5. The molecule has 398 valence electrons. The maximum Gasteiger partial charge on any atom is 0.496 e. The second kappa shape index (κ2) is 24.3. The Bertz CT molecular complexity index is 3130. The Balaban J connectivity index is 0.000000148. The molecule has 0 saturated carbocycles. The van der Waals surface area contributed by atoms with Gasteiger partial charge in [0.05, 0.1) is 16.9 Å². The Kier molecular flexibility index (Phi) is 17.5. The second-order valence-corrected chi connectivity index (χ2v) is 23.4. The Morgan fingerprint density at radius 1 is 0.592 bits per heavy atom. The van der Waals surface area contributed by atoms with Gasteiger partial charge >= 0.3 is 7.12 Å². The fraction of sp³-hybridized carbons (Fsp3) is 0.464. The lowest BCUT2D eigenvalue weighted by Crippen LogP contribution is -2.41. The minimum Gasteiger partial charge on any atom is -0.467 e. The zero-order chi connectivity index (χ0) is 53.6. The molecule has 0 spiro atoms. The van der Waals surface area contributed by atoms with Crippen molar-refractivity contribution < 1.29 is 18.8 Å². The van der Waals surface area contributed by atoms with Gasteiger partial charge < -0.3 is 28.6 Å². The first-order valence-electron chi connectivity index (χ1n) is 26.4. The van der Waals surface area contributed by atoms with E-state index < -0.39 is 0 Å². The highest BCUT2D eigenvalue weighted by molar-refractivity contribution is 9.10. The SMILES string of the molecule is CCc1cnc(N2CCC([C@H](C)Oc3nc4ccc(-c5ccc(C)nc5)nc4s3)CC2)nc1.CCc1cnc(N2CCC([C@H](C)Oc3nc4ccc(Br)nc4s3)CC2)nc1.Cc1ccc(B2OC(C)(C)C(C)(C)O2)cn1. The molecule has 20 heteroatoms. The van der Waals surface area contributed by atoms with Crippen LogP contribution in [-0.4, -0.2) is 107 Å². The molecule has 16 nitrogen and oxygen atoms in total. The predicted octanol–water partition coefficient (Wildman–Crippen LogP) is 11.3. The standard InChI is InChI=1S/C25H28N6OS.C19H22BrN5OS.C12H18BNO2/c1-4-18-13-27-24(28-14-18)31-11-9-19(10-12-31)17(3)32-25-30-22-8-7-21(29-23(22)33-25)20-6-5-16(2)26-15-20;1-3-13-10-21-18(22-11-13)25-8-6-14(7-9-25)12(2)26-19-23-15-4-5-16(20)24-17(15)27-19;1-9-6-7-10(8-14-9)13-15-11(2,3)12(4,5)16-13/h5-8,13-15,17,19H,4,9-12H2,1-3H3;4-5,10-12,14H,3,6-9H2,1-2H3;6-8H,1-5H3/t17-;12-;/m00./s1. The number of ether oxygens (including phenoxy) is 2. The van der Waals surface area contributed by atoms with Crippen LogP contribution in [0.2, 0.25) is 0 Å². The smallest absolute Gasteiger partial charge is 0.467 e. The number of pyridine rings is 4. The lowest BCUT2D eigenvalue weighted by Gasteiger charge is -2.34. The van der Waals surface area contributed by atoms with Crippen LogP contribution in [0.15, 0.2) is 90.3 Å². The second-order valence-electron chi connectivity index (χ2n) is 20.7. The van der Waals surface area contributed by atoms with Crippen LogP contribution in [0.1, 0.15) is 104 Å². The molecule has 76 heavy (non-hydrogen) atoms. The minimum atomic E-state index is -0.307. The monoisotopic (exact) mass is 1130 g/mol. The molecule has 0 amide bonds. The number of thiazole rings is 2.